The van der Waals surface area contributed by atoms with Crippen LogP contribution in [0.25, 0.3) is 22.3 Å². The molecule has 0 spiro atoms. The van der Waals surface area contributed by atoms with Gasteiger partial charge in [0.15, 0.2) is 0 Å². The van der Waals surface area contributed by atoms with Crippen molar-refractivity contribution in [1.29, 1.82) is 0 Å². The topological polar surface area (TPSA) is 0 Å². The Morgan fingerprint density at radius 1 is 0.680 bits per heavy atom. The fourth-order valence-electron chi connectivity index (χ4n) is 3.30. The summed E-state index contributed by atoms with van der Waals surface area (Å²) in [4.78, 5) is 0. The Morgan fingerprint density at radius 3 is 1.64 bits per heavy atom. The van der Waals surface area contributed by atoms with E-state index in [1.54, 1.807) is 0 Å². The van der Waals surface area contributed by atoms with Gasteiger partial charge in [0, 0.05) is 0 Å². The van der Waals surface area contributed by atoms with Crippen molar-refractivity contribution in [2.45, 2.75) is 33.6 Å². The first-order valence-electron chi connectivity index (χ1n) is 8.97. The highest BCUT2D eigenvalue weighted by Crippen LogP contribution is 2.33. The minimum atomic E-state index is 1.03. The molecule has 0 N–H and O–H groups in total. The summed E-state index contributed by atoms with van der Waals surface area (Å²) in [7, 11) is 0. The van der Waals surface area contributed by atoms with E-state index in [2.05, 4.69) is 88.0 Å². The van der Waals surface area contributed by atoms with Crippen molar-refractivity contribution in [3.05, 3.63) is 95.6 Å². The van der Waals surface area contributed by atoms with Gasteiger partial charge in [0.1, 0.15) is 0 Å². The second-order valence-electron chi connectivity index (χ2n) is 6.80. The third-order valence-corrected chi connectivity index (χ3v) is 5.05. The fraction of sp³-hybridized carbons (Fsp3) is 0.200. The van der Waals surface area contributed by atoms with Crippen LogP contribution in [0, 0.1) is 20.8 Å². The summed E-state index contributed by atoms with van der Waals surface area (Å²) in [5.41, 5.74) is 10.6. The molecular weight excluding hydrogens is 300 g/mol. The van der Waals surface area contributed by atoms with Gasteiger partial charge in [0.05, 0.1) is 0 Å². The van der Waals surface area contributed by atoms with Crippen LogP contribution in [0.5, 0.6) is 0 Å². The molecule has 126 valence electrons. The van der Waals surface area contributed by atoms with Gasteiger partial charge in [-0.25, -0.2) is 0 Å². The average Bonchev–Trinajstić information content (AvgIpc) is 2.64. The van der Waals surface area contributed by atoms with E-state index in [9.17, 15) is 0 Å². The molecule has 0 heteroatoms. The highest BCUT2D eigenvalue weighted by atomic mass is 14.1. The van der Waals surface area contributed by atoms with Crippen LogP contribution in [0.3, 0.4) is 0 Å². The van der Waals surface area contributed by atoms with Gasteiger partial charge < -0.3 is 0 Å². The van der Waals surface area contributed by atoms with Crippen molar-refractivity contribution in [3.63, 3.8) is 0 Å². The Kier molecular flexibility index (Phi) is 5.19. The third-order valence-electron chi connectivity index (χ3n) is 5.05. The lowest BCUT2D eigenvalue weighted by atomic mass is 9.90. The Bertz CT molecular complexity index is 865. The first kappa shape index (κ1) is 17.2. The predicted molar refractivity (Wildman–Crippen MR) is 110 cm³/mol. The molecule has 0 aliphatic rings. The summed E-state index contributed by atoms with van der Waals surface area (Å²) in [5, 5.41) is 0. The second kappa shape index (κ2) is 7.53. The van der Waals surface area contributed by atoms with Gasteiger partial charge in [0.2, 0.25) is 0 Å². The minimum Gasteiger partial charge on any atom is -0.103 e. The van der Waals surface area contributed by atoms with Crippen molar-refractivity contribution in [2.75, 3.05) is 0 Å². The van der Waals surface area contributed by atoms with Crippen LogP contribution in [0.1, 0.15) is 28.7 Å². The Balaban J connectivity index is 1.94. The molecule has 0 nitrogen and oxygen atoms in total. The maximum atomic E-state index is 3.80. The molecule has 3 aromatic carbocycles. The molecule has 0 atom stereocenters. The average molecular weight is 326 g/mol. The normalized spacial score (nSPS) is 10.7. The zero-order valence-electron chi connectivity index (χ0n) is 15.5. The molecule has 0 amide bonds. The van der Waals surface area contributed by atoms with Gasteiger partial charge in [-0.2, -0.15) is 0 Å². The molecule has 0 bridgehead atoms. The summed E-state index contributed by atoms with van der Waals surface area (Å²) >= 11 is 0. The predicted octanol–water partition coefficient (Wildman–Crippen LogP) is 7.06. The largest absolute Gasteiger partial charge is 0.103 e. The number of aryl methyl sites for hydroxylation is 2. The number of hydrogen-bond donors (Lipinski definition) is 0. The fourth-order valence-corrected chi connectivity index (χ4v) is 3.30. The standard InChI is InChI=1S/C25H26/c1-5-6-7-21-10-14-23(15-11-21)25-17-16-24(19(3)20(25)4)22-12-8-18(2)9-13-22/h5,8-17H,1,6-7H2,2-4H3. The summed E-state index contributed by atoms with van der Waals surface area (Å²) in [5.74, 6) is 0. The lowest BCUT2D eigenvalue weighted by molar-refractivity contribution is 1.00. The van der Waals surface area contributed by atoms with Gasteiger partial charge in [0.25, 0.3) is 0 Å². The molecule has 25 heavy (non-hydrogen) atoms. The molecule has 3 rings (SSSR count). The second-order valence-corrected chi connectivity index (χ2v) is 6.80. The maximum Gasteiger partial charge on any atom is -0.0152 e. The van der Waals surface area contributed by atoms with Crippen LogP contribution in [-0.2, 0) is 6.42 Å². The van der Waals surface area contributed by atoms with Crippen LogP contribution in [-0.4, -0.2) is 0 Å². The van der Waals surface area contributed by atoms with Crippen LogP contribution in [0.15, 0.2) is 73.3 Å². The third kappa shape index (κ3) is 3.74. The molecular formula is C25H26. The summed E-state index contributed by atoms with van der Waals surface area (Å²) in [6.45, 7) is 10.4. The molecule has 3 aromatic rings. The van der Waals surface area contributed by atoms with E-state index in [0.29, 0.717) is 0 Å². The molecule has 0 saturated carbocycles. The maximum absolute atomic E-state index is 3.80. The van der Waals surface area contributed by atoms with Gasteiger partial charge in [-0.15, -0.1) is 6.58 Å². The molecule has 0 radical (unpaired) electrons. The lowest BCUT2D eigenvalue weighted by Crippen LogP contribution is -1.92. The van der Waals surface area contributed by atoms with Crippen LogP contribution in [0.4, 0.5) is 0 Å². The van der Waals surface area contributed by atoms with E-state index >= 15 is 0 Å². The van der Waals surface area contributed by atoms with Crippen LogP contribution < -0.4 is 0 Å². The van der Waals surface area contributed by atoms with E-state index in [1.807, 2.05) is 6.08 Å². The Morgan fingerprint density at radius 2 is 1.16 bits per heavy atom. The number of hydrogen-bond acceptors (Lipinski definition) is 0. The Labute approximate surface area is 151 Å². The zero-order chi connectivity index (χ0) is 17.8. The minimum absolute atomic E-state index is 1.03. The molecule has 0 unspecified atom stereocenters. The van der Waals surface area contributed by atoms with Crippen molar-refractivity contribution < 1.29 is 0 Å². The van der Waals surface area contributed by atoms with Crippen LogP contribution in [0.2, 0.25) is 0 Å². The SMILES string of the molecule is C=CCCc1ccc(-c2ccc(-c3ccc(C)cc3)c(C)c2C)cc1. The molecule has 0 aromatic heterocycles. The van der Waals surface area contributed by atoms with Crippen molar-refractivity contribution in [3.8, 4) is 22.3 Å². The van der Waals surface area contributed by atoms with E-state index in [4.69, 9.17) is 0 Å². The van der Waals surface area contributed by atoms with Gasteiger partial charge in [-0.05, 0) is 72.6 Å². The summed E-state index contributed by atoms with van der Waals surface area (Å²) < 4.78 is 0. The molecule has 0 aliphatic carbocycles. The molecule has 0 aliphatic heterocycles. The van der Waals surface area contributed by atoms with Gasteiger partial charge in [-0.3, -0.25) is 0 Å². The first-order chi connectivity index (χ1) is 12.1. The number of benzene rings is 3. The van der Waals surface area contributed by atoms with E-state index in [1.165, 1.54) is 44.5 Å². The zero-order valence-corrected chi connectivity index (χ0v) is 15.5. The number of allylic oxidation sites excluding steroid dienone is 1. The lowest BCUT2D eigenvalue weighted by Gasteiger charge is -2.15. The van der Waals surface area contributed by atoms with E-state index in [0.717, 1.165) is 12.8 Å². The van der Waals surface area contributed by atoms with Crippen molar-refractivity contribution in [2.24, 2.45) is 0 Å². The smallest absolute Gasteiger partial charge is 0.0152 e. The van der Waals surface area contributed by atoms with Crippen molar-refractivity contribution >= 4 is 0 Å². The quantitative estimate of drug-likeness (QED) is 0.440. The van der Waals surface area contributed by atoms with Crippen molar-refractivity contribution in [1.82, 2.24) is 0 Å². The first-order valence-corrected chi connectivity index (χ1v) is 8.97. The Hall–Kier alpha value is -2.60. The number of rotatable bonds is 5. The molecule has 0 fully saturated rings. The summed E-state index contributed by atoms with van der Waals surface area (Å²) in [6, 6.07) is 22.3. The molecule has 0 saturated heterocycles. The van der Waals surface area contributed by atoms with E-state index in [-0.39, 0.29) is 0 Å². The monoisotopic (exact) mass is 326 g/mol. The highest BCUT2D eigenvalue weighted by molar-refractivity contribution is 5.77. The highest BCUT2D eigenvalue weighted by Gasteiger charge is 2.09. The molecule has 0 heterocycles. The van der Waals surface area contributed by atoms with E-state index < -0.39 is 0 Å². The van der Waals surface area contributed by atoms with Gasteiger partial charge in [-0.1, -0.05) is 72.3 Å². The summed E-state index contributed by atoms with van der Waals surface area (Å²) in [6.07, 6.45) is 4.07. The van der Waals surface area contributed by atoms with Gasteiger partial charge >= 0.3 is 0 Å². The van der Waals surface area contributed by atoms with Crippen LogP contribution >= 0.6 is 0 Å².